The Morgan fingerprint density at radius 1 is 1.31 bits per heavy atom. The first-order valence-electron chi connectivity index (χ1n) is 4.24. The third-order valence-corrected chi connectivity index (χ3v) is 2.99. The van der Waals surface area contributed by atoms with Crippen LogP contribution in [0.15, 0.2) is 28.7 Å². The quantitative estimate of drug-likeness (QED) is 0.864. The van der Waals surface area contributed by atoms with Crippen molar-refractivity contribution in [3.63, 3.8) is 0 Å². The molecule has 0 saturated heterocycles. The van der Waals surface area contributed by atoms with Crippen LogP contribution in [0.5, 0.6) is 0 Å². The molecule has 0 amide bonds. The van der Waals surface area contributed by atoms with Crippen LogP contribution in [-0.4, -0.2) is 13.1 Å². The van der Waals surface area contributed by atoms with E-state index in [4.69, 9.17) is 0 Å². The van der Waals surface area contributed by atoms with Crippen LogP contribution in [-0.2, 0) is 0 Å². The van der Waals surface area contributed by atoms with Gasteiger partial charge in [0.15, 0.2) is 0 Å². The van der Waals surface area contributed by atoms with E-state index in [9.17, 15) is 0 Å². The summed E-state index contributed by atoms with van der Waals surface area (Å²) in [6.45, 7) is 0. The predicted molar refractivity (Wildman–Crippen MR) is 61.6 cm³/mol. The Kier molecular flexibility index (Phi) is 3.77. The van der Waals surface area contributed by atoms with Crippen molar-refractivity contribution in [1.82, 2.24) is 5.32 Å². The van der Waals surface area contributed by atoms with Crippen LogP contribution >= 0.6 is 28.3 Å². The highest BCUT2D eigenvalue weighted by Gasteiger charge is 2.36. The maximum atomic E-state index is 3.43. The fraction of sp³-hybridized carbons (Fsp3) is 0.400. The van der Waals surface area contributed by atoms with Crippen molar-refractivity contribution in [2.45, 2.75) is 18.4 Å². The van der Waals surface area contributed by atoms with Crippen LogP contribution in [0, 0.1) is 0 Å². The van der Waals surface area contributed by atoms with Crippen LogP contribution in [0.2, 0.25) is 0 Å². The number of nitrogens with one attached hydrogen (secondary N) is 1. The molecule has 0 bridgehead atoms. The van der Waals surface area contributed by atoms with E-state index in [1.54, 1.807) is 0 Å². The van der Waals surface area contributed by atoms with Crippen molar-refractivity contribution < 1.29 is 0 Å². The van der Waals surface area contributed by atoms with Crippen LogP contribution in [0.1, 0.15) is 17.9 Å². The average Bonchev–Trinajstić information content (AvgIpc) is 2.85. The first kappa shape index (κ1) is 11.0. The fourth-order valence-corrected chi connectivity index (χ4v) is 1.86. The van der Waals surface area contributed by atoms with E-state index < -0.39 is 0 Å². The summed E-state index contributed by atoms with van der Waals surface area (Å²) in [5, 5.41) is 3.29. The molecule has 0 aromatic heterocycles. The number of hydrogen-bond acceptors (Lipinski definition) is 1. The summed E-state index contributed by atoms with van der Waals surface area (Å²) in [6, 6.07) is 9.34. The molecule has 1 aromatic carbocycles. The molecule has 0 spiro atoms. The molecule has 13 heavy (non-hydrogen) atoms. The highest BCUT2D eigenvalue weighted by atomic mass is 79.9. The van der Waals surface area contributed by atoms with E-state index in [-0.39, 0.29) is 12.4 Å². The first-order chi connectivity index (χ1) is 5.81. The van der Waals surface area contributed by atoms with E-state index in [0.717, 1.165) is 10.4 Å². The minimum Gasteiger partial charge on any atom is -0.316 e. The molecule has 3 heteroatoms. The Balaban J connectivity index is 0.000000845. The van der Waals surface area contributed by atoms with E-state index in [2.05, 4.69) is 45.5 Å². The lowest BCUT2D eigenvalue weighted by Gasteiger charge is -1.99. The molecular formula is C10H13BrClN. The molecule has 72 valence electrons. The van der Waals surface area contributed by atoms with Gasteiger partial charge in [-0.25, -0.2) is 0 Å². The van der Waals surface area contributed by atoms with Gasteiger partial charge < -0.3 is 5.32 Å². The molecule has 2 rings (SSSR count). The molecule has 1 saturated carbocycles. The highest BCUT2D eigenvalue weighted by Crippen LogP contribution is 2.40. The van der Waals surface area contributed by atoms with Gasteiger partial charge in [0.25, 0.3) is 0 Å². The molecule has 1 fully saturated rings. The van der Waals surface area contributed by atoms with Crippen molar-refractivity contribution >= 4 is 28.3 Å². The maximum Gasteiger partial charge on any atom is 0.0175 e. The van der Waals surface area contributed by atoms with Crippen LogP contribution in [0.25, 0.3) is 0 Å². The van der Waals surface area contributed by atoms with Crippen molar-refractivity contribution in [1.29, 1.82) is 0 Å². The monoisotopic (exact) mass is 261 g/mol. The fourth-order valence-electron chi connectivity index (χ4n) is 1.59. The second kappa shape index (κ2) is 4.45. The normalized spacial score (nSPS) is 25.1. The van der Waals surface area contributed by atoms with Crippen molar-refractivity contribution in [3.05, 3.63) is 34.3 Å². The van der Waals surface area contributed by atoms with Gasteiger partial charge in [-0.3, -0.25) is 0 Å². The lowest BCUT2D eigenvalue weighted by atomic mass is 10.1. The molecule has 1 aliphatic rings. The Morgan fingerprint density at radius 2 is 1.92 bits per heavy atom. The zero-order chi connectivity index (χ0) is 8.55. The largest absolute Gasteiger partial charge is 0.316 e. The zero-order valence-electron chi connectivity index (χ0n) is 7.46. The molecule has 1 nitrogen and oxygen atoms in total. The van der Waals surface area contributed by atoms with Crippen LogP contribution < -0.4 is 5.32 Å². The lowest BCUT2D eigenvalue weighted by molar-refractivity contribution is 0.783. The Labute approximate surface area is 93.5 Å². The standard InChI is InChI=1S/C10H12BrN.ClH/c1-12-10-6-9(10)7-2-4-8(11)5-3-7;/h2-5,9-10,12H,6H2,1H3;1H. The molecule has 0 radical (unpaired) electrons. The summed E-state index contributed by atoms with van der Waals surface area (Å²) in [5.41, 5.74) is 1.46. The van der Waals surface area contributed by atoms with Gasteiger partial charge in [0.2, 0.25) is 0 Å². The topological polar surface area (TPSA) is 12.0 Å². The van der Waals surface area contributed by atoms with Gasteiger partial charge in [0, 0.05) is 16.4 Å². The van der Waals surface area contributed by atoms with E-state index in [1.807, 2.05) is 7.05 Å². The number of rotatable bonds is 2. The molecule has 1 N–H and O–H groups in total. The summed E-state index contributed by atoms with van der Waals surface area (Å²) in [6.07, 6.45) is 1.29. The van der Waals surface area contributed by atoms with Crippen LogP contribution in [0.4, 0.5) is 0 Å². The summed E-state index contributed by atoms with van der Waals surface area (Å²) < 4.78 is 1.16. The van der Waals surface area contributed by atoms with E-state index in [1.165, 1.54) is 12.0 Å². The number of hydrogen-bond donors (Lipinski definition) is 1. The average molecular weight is 263 g/mol. The molecule has 1 aromatic rings. The van der Waals surface area contributed by atoms with Gasteiger partial charge >= 0.3 is 0 Å². The zero-order valence-corrected chi connectivity index (χ0v) is 9.86. The predicted octanol–water partition coefficient (Wildman–Crippen LogP) is 2.95. The van der Waals surface area contributed by atoms with Gasteiger partial charge in [0.1, 0.15) is 0 Å². The summed E-state index contributed by atoms with van der Waals surface area (Å²) in [4.78, 5) is 0. The van der Waals surface area contributed by atoms with Gasteiger partial charge in [0.05, 0.1) is 0 Å². The number of likely N-dealkylation sites (N-methyl/N-ethyl adjacent to an activating group) is 1. The minimum absolute atomic E-state index is 0. The molecule has 2 atom stereocenters. The molecule has 0 heterocycles. The second-order valence-electron chi connectivity index (χ2n) is 3.29. The van der Waals surface area contributed by atoms with Crippen molar-refractivity contribution in [3.8, 4) is 0 Å². The Morgan fingerprint density at radius 3 is 2.38 bits per heavy atom. The van der Waals surface area contributed by atoms with Gasteiger partial charge in [-0.05, 0) is 31.2 Å². The molecule has 2 unspecified atom stereocenters. The van der Waals surface area contributed by atoms with Crippen LogP contribution in [0.3, 0.4) is 0 Å². The number of benzene rings is 1. The Hall–Kier alpha value is -0.0500. The lowest BCUT2D eigenvalue weighted by Crippen LogP contribution is -2.09. The van der Waals surface area contributed by atoms with Gasteiger partial charge in [-0.15, -0.1) is 12.4 Å². The summed E-state index contributed by atoms with van der Waals surface area (Å²) in [5.74, 6) is 0.753. The van der Waals surface area contributed by atoms with Gasteiger partial charge in [-0.1, -0.05) is 28.1 Å². The Bertz CT molecular complexity index is 273. The number of halogens is 2. The highest BCUT2D eigenvalue weighted by molar-refractivity contribution is 9.10. The smallest absolute Gasteiger partial charge is 0.0175 e. The minimum atomic E-state index is 0. The molecule has 1 aliphatic carbocycles. The molecule has 0 aliphatic heterocycles. The van der Waals surface area contributed by atoms with Gasteiger partial charge in [-0.2, -0.15) is 0 Å². The van der Waals surface area contributed by atoms with Crippen molar-refractivity contribution in [2.75, 3.05) is 7.05 Å². The third-order valence-electron chi connectivity index (χ3n) is 2.46. The maximum absolute atomic E-state index is 3.43. The van der Waals surface area contributed by atoms with E-state index in [0.29, 0.717) is 6.04 Å². The van der Waals surface area contributed by atoms with Crippen molar-refractivity contribution in [2.24, 2.45) is 0 Å². The third kappa shape index (κ3) is 2.46. The summed E-state index contributed by atoms with van der Waals surface area (Å²) >= 11 is 3.43. The first-order valence-corrected chi connectivity index (χ1v) is 5.03. The summed E-state index contributed by atoms with van der Waals surface area (Å²) in [7, 11) is 2.03. The molecular weight excluding hydrogens is 249 g/mol. The SMILES string of the molecule is CNC1CC1c1ccc(Br)cc1.Cl. The second-order valence-corrected chi connectivity index (χ2v) is 4.20. The van der Waals surface area contributed by atoms with E-state index >= 15 is 0 Å².